The number of hydrogen-bond donors (Lipinski definition) is 1. The largest absolute Gasteiger partial charge is 0.495 e. The second-order valence-corrected chi connectivity index (χ2v) is 4.72. The van der Waals surface area contributed by atoms with Crippen LogP contribution in [0, 0.1) is 0 Å². The zero-order valence-corrected chi connectivity index (χ0v) is 12.8. The maximum absolute atomic E-state index is 5.56. The molecule has 1 rings (SSSR count). The summed E-state index contributed by atoms with van der Waals surface area (Å²) in [5.74, 6) is 0.980. The van der Waals surface area contributed by atoms with Crippen LogP contribution in [0.15, 0.2) is 18.2 Å². The molecule has 0 heterocycles. The number of rotatable bonds is 9. The summed E-state index contributed by atoms with van der Waals surface area (Å²) < 4.78 is 5.56. The Labute approximate surface area is 118 Å². The Morgan fingerprint density at radius 1 is 1.21 bits per heavy atom. The van der Waals surface area contributed by atoms with E-state index in [1.807, 2.05) is 0 Å². The van der Waals surface area contributed by atoms with Gasteiger partial charge in [-0.2, -0.15) is 0 Å². The van der Waals surface area contributed by atoms with Gasteiger partial charge in [-0.1, -0.05) is 26.3 Å². The van der Waals surface area contributed by atoms with E-state index in [0.29, 0.717) is 0 Å². The second-order valence-electron chi connectivity index (χ2n) is 4.72. The van der Waals surface area contributed by atoms with Crippen LogP contribution in [0.3, 0.4) is 0 Å². The van der Waals surface area contributed by atoms with Crippen LogP contribution in [0.5, 0.6) is 5.75 Å². The fourth-order valence-corrected chi connectivity index (χ4v) is 2.16. The molecule has 108 valence electrons. The lowest BCUT2D eigenvalue weighted by molar-refractivity contribution is 0.413. The number of unbranched alkanes of at least 4 members (excludes halogenated alkanes) is 1. The summed E-state index contributed by atoms with van der Waals surface area (Å²) in [7, 11) is 1.75. The first-order valence-corrected chi connectivity index (χ1v) is 7.39. The van der Waals surface area contributed by atoms with Crippen molar-refractivity contribution in [1.82, 2.24) is 5.32 Å². The van der Waals surface area contributed by atoms with Crippen LogP contribution in [0.2, 0.25) is 0 Å². The van der Waals surface area contributed by atoms with Gasteiger partial charge in [-0.15, -0.1) is 0 Å². The molecule has 0 amide bonds. The van der Waals surface area contributed by atoms with Crippen LogP contribution < -0.4 is 15.0 Å². The summed E-state index contributed by atoms with van der Waals surface area (Å²) in [6, 6.07) is 6.52. The van der Waals surface area contributed by atoms with Gasteiger partial charge >= 0.3 is 0 Å². The van der Waals surface area contributed by atoms with Gasteiger partial charge in [-0.05, 0) is 37.6 Å². The van der Waals surface area contributed by atoms with E-state index in [1.165, 1.54) is 24.1 Å². The average Bonchev–Trinajstić information content (AvgIpc) is 2.46. The highest BCUT2D eigenvalue weighted by Gasteiger charge is 2.10. The molecule has 1 aromatic rings. The van der Waals surface area contributed by atoms with E-state index in [2.05, 4.69) is 49.2 Å². The van der Waals surface area contributed by atoms with Crippen LogP contribution in [-0.4, -0.2) is 26.7 Å². The Morgan fingerprint density at radius 2 is 2.00 bits per heavy atom. The van der Waals surface area contributed by atoms with Crippen LogP contribution in [0.4, 0.5) is 5.69 Å². The summed E-state index contributed by atoms with van der Waals surface area (Å²) in [5, 5.41) is 3.34. The molecule has 0 fully saturated rings. The molecule has 0 aliphatic heterocycles. The van der Waals surface area contributed by atoms with Gasteiger partial charge in [-0.3, -0.25) is 0 Å². The van der Waals surface area contributed by atoms with Crippen LogP contribution in [0.1, 0.15) is 39.2 Å². The first kappa shape index (κ1) is 15.8. The molecule has 0 radical (unpaired) electrons. The van der Waals surface area contributed by atoms with Crippen molar-refractivity contribution in [1.29, 1.82) is 0 Å². The average molecular weight is 264 g/mol. The number of nitrogens with one attached hydrogen (secondary N) is 1. The molecule has 0 aliphatic carbocycles. The molecule has 3 heteroatoms. The number of ether oxygens (including phenoxy) is 1. The summed E-state index contributed by atoms with van der Waals surface area (Å²) in [6.07, 6.45) is 2.44. The molecule has 19 heavy (non-hydrogen) atoms. The van der Waals surface area contributed by atoms with Crippen molar-refractivity contribution in [2.75, 3.05) is 31.6 Å². The van der Waals surface area contributed by atoms with Gasteiger partial charge in [0, 0.05) is 19.6 Å². The third-order valence-corrected chi connectivity index (χ3v) is 3.33. The molecule has 0 saturated carbocycles. The van der Waals surface area contributed by atoms with Gasteiger partial charge in [0.15, 0.2) is 0 Å². The Balaban J connectivity index is 2.86. The van der Waals surface area contributed by atoms with E-state index in [1.54, 1.807) is 7.11 Å². The topological polar surface area (TPSA) is 24.5 Å². The molecule has 0 spiro atoms. The van der Waals surface area contributed by atoms with Gasteiger partial charge in [0.05, 0.1) is 12.8 Å². The first-order chi connectivity index (χ1) is 9.26. The number of hydrogen-bond acceptors (Lipinski definition) is 3. The molecule has 0 unspecified atom stereocenters. The molecular formula is C16H28N2O. The molecule has 0 atom stereocenters. The molecule has 1 N–H and O–H groups in total. The van der Waals surface area contributed by atoms with Crippen molar-refractivity contribution in [2.24, 2.45) is 0 Å². The lowest BCUT2D eigenvalue weighted by atomic mass is 10.1. The van der Waals surface area contributed by atoms with E-state index in [-0.39, 0.29) is 0 Å². The predicted molar refractivity (Wildman–Crippen MR) is 83.2 cm³/mol. The van der Waals surface area contributed by atoms with Gasteiger partial charge in [-0.25, -0.2) is 0 Å². The zero-order valence-electron chi connectivity index (χ0n) is 12.8. The molecule has 1 aromatic carbocycles. The third-order valence-electron chi connectivity index (χ3n) is 3.33. The highest BCUT2D eigenvalue weighted by molar-refractivity contribution is 5.59. The molecule has 0 saturated heterocycles. The Hall–Kier alpha value is -1.22. The lowest BCUT2D eigenvalue weighted by Crippen LogP contribution is -2.24. The highest BCUT2D eigenvalue weighted by atomic mass is 16.5. The van der Waals surface area contributed by atoms with Gasteiger partial charge in [0.1, 0.15) is 5.75 Å². The van der Waals surface area contributed by atoms with E-state index < -0.39 is 0 Å². The van der Waals surface area contributed by atoms with Crippen molar-refractivity contribution in [3.63, 3.8) is 0 Å². The fraction of sp³-hybridized carbons (Fsp3) is 0.625. The Kier molecular flexibility index (Phi) is 7.34. The second kappa shape index (κ2) is 8.81. The molecule has 0 aliphatic rings. The Bertz CT molecular complexity index is 366. The lowest BCUT2D eigenvalue weighted by Gasteiger charge is -2.25. The normalized spacial score (nSPS) is 10.5. The minimum Gasteiger partial charge on any atom is -0.495 e. The van der Waals surface area contributed by atoms with E-state index in [9.17, 15) is 0 Å². The van der Waals surface area contributed by atoms with Crippen molar-refractivity contribution in [3.05, 3.63) is 23.8 Å². The maximum Gasteiger partial charge on any atom is 0.142 e. The minimum atomic E-state index is 0.897. The van der Waals surface area contributed by atoms with Crippen molar-refractivity contribution >= 4 is 5.69 Å². The quantitative estimate of drug-likeness (QED) is 0.739. The summed E-state index contributed by atoms with van der Waals surface area (Å²) in [4.78, 5) is 2.39. The third kappa shape index (κ3) is 4.75. The summed E-state index contributed by atoms with van der Waals surface area (Å²) in [5.41, 5.74) is 2.48. The van der Waals surface area contributed by atoms with E-state index in [0.717, 1.165) is 31.9 Å². The molecular weight excluding hydrogens is 236 g/mol. The van der Waals surface area contributed by atoms with Crippen LogP contribution >= 0.6 is 0 Å². The van der Waals surface area contributed by atoms with Crippen LogP contribution in [-0.2, 0) is 6.54 Å². The predicted octanol–water partition coefficient (Wildman–Crippen LogP) is 3.43. The highest BCUT2D eigenvalue weighted by Crippen LogP contribution is 2.29. The van der Waals surface area contributed by atoms with Crippen molar-refractivity contribution < 1.29 is 4.74 Å². The van der Waals surface area contributed by atoms with Gasteiger partial charge < -0.3 is 15.0 Å². The summed E-state index contributed by atoms with van der Waals surface area (Å²) in [6.45, 7) is 10.5. The molecule has 3 nitrogen and oxygen atoms in total. The number of nitrogens with zero attached hydrogens (tertiary/aromatic N) is 1. The molecule has 0 bridgehead atoms. The maximum atomic E-state index is 5.56. The standard InChI is InChI=1S/C16H28N2O/c1-5-8-11-18(7-3)15-10-9-14(13-17-6-2)12-16(15)19-4/h9-10,12,17H,5-8,11,13H2,1-4H3. The number of benzene rings is 1. The Morgan fingerprint density at radius 3 is 2.58 bits per heavy atom. The minimum absolute atomic E-state index is 0.897. The summed E-state index contributed by atoms with van der Waals surface area (Å²) >= 11 is 0. The van der Waals surface area contributed by atoms with E-state index in [4.69, 9.17) is 4.74 Å². The monoisotopic (exact) mass is 264 g/mol. The van der Waals surface area contributed by atoms with Crippen LogP contribution in [0.25, 0.3) is 0 Å². The van der Waals surface area contributed by atoms with E-state index >= 15 is 0 Å². The fourth-order valence-electron chi connectivity index (χ4n) is 2.16. The first-order valence-electron chi connectivity index (χ1n) is 7.39. The number of methoxy groups -OCH3 is 1. The van der Waals surface area contributed by atoms with Crippen molar-refractivity contribution in [2.45, 2.75) is 40.2 Å². The molecule has 0 aromatic heterocycles. The number of anilines is 1. The van der Waals surface area contributed by atoms with Gasteiger partial charge in [0.25, 0.3) is 0 Å². The van der Waals surface area contributed by atoms with Crippen molar-refractivity contribution in [3.8, 4) is 5.75 Å². The van der Waals surface area contributed by atoms with Gasteiger partial charge in [0.2, 0.25) is 0 Å². The SMILES string of the molecule is CCCCN(CC)c1ccc(CNCC)cc1OC. The zero-order chi connectivity index (χ0) is 14.1. The smallest absolute Gasteiger partial charge is 0.142 e.